The first kappa shape index (κ1) is 15.4. The summed E-state index contributed by atoms with van der Waals surface area (Å²) in [5.74, 6) is 0.132. The van der Waals surface area contributed by atoms with Gasteiger partial charge in [0, 0.05) is 6.54 Å². The van der Waals surface area contributed by atoms with Gasteiger partial charge in [0.25, 0.3) is 5.91 Å². The summed E-state index contributed by atoms with van der Waals surface area (Å²) < 4.78 is 10.8. The zero-order valence-corrected chi connectivity index (χ0v) is 13.2. The number of methoxy groups -OCH3 is 1. The first-order chi connectivity index (χ1) is 9.45. The second-order valence-electron chi connectivity index (χ2n) is 4.89. The second kappa shape index (κ2) is 6.20. The van der Waals surface area contributed by atoms with Crippen molar-refractivity contribution in [3.05, 3.63) is 27.7 Å². The number of rotatable bonds is 2. The van der Waals surface area contributed by atoms with E-state index in [1.807, 2.05) is 13.8 Å². The van der Waals surface area contributed by atoms with Crippen LogP contribution in [0.3, 0.4) is 0 Å². The van der Waals surface area contributed by atoms with Crippen LogP contribution in [0.25, 0.3) is 0 Å². The molecule has 0 radical (unpaired) electrons. The molecule has 20 heavy (non-hydrogen) atoms. The highest BCUT2D eigenvalue weighted by molar-refractivity contribution is 6.37. The maximum absolute atomic E-state index is 12.8. The molecule has 1 aliphatic rings. The summed E-state index contributed by atoms with van der Waals surface area (Å²) in [4.78, 5) is 14.5. The molecule has 0 aliphatic carbocycles. The first-order valence-electron chi connectivity index (χ1n) is 6.40. The van der Waals surface area contributed by atoms with Gasteiger partial charge in [-0.2, -0.15) is 0 Å². The van der Waals surface area contributed by atoms with E-state index < -0.39 is 0 Å². The van der Waals surface area contributed by atoms with Crippen LogP contribution in [0, 0.1) is 0 Å². The Morgan fingerprint density at radius 2 is 2.00 bits per heavy atom. The van der Waals surface area contributed by atoms with Crippen molar-refractivity contribution < 1.29 is 14.3 Å². The number of benzene rings is 1. The summed E-state index contributed by atoms with van der Waals surface area (Å²) in [6.07, 6.45) is -0.000829. The van der Waals surface area contributed by atoms with Crippen LogP contribution in [0.2, 0.25) is 10.0 Å². The molecule has 0 N–H and O–H groups in total. The molecule has 1 amide bonds. The molecule has 0 bridgehead atoms. The lowest BCUT2D eigenvalue weighted by atomic mass is 10.1. The minimum atomic E-state index is -0.183. The number of ether oxygens (including phenoxy) is 2. The molecule has 2 rings (SSSR count). The average molecular weight is 318 g/mol. The van der Waals surface area contributed by atoms with E-state index in [0.29, 0.717) is 34.5 Å². The monoisotopic (exact) mass is 317 g/mol. The Bertz CT molecular complexity index is 521. The molecule has 4 nitrogen and oxygen atoms in total. The minimum absolute atomic E-state index is 0.000829. The summed E-state index contributed by atoms with van der Waals surface area (Å²) in [6.45, 7) is 4.90. The van der Waals surface area contributed by atoms with Crippen LogP contribution in [0.15, 0.2) is 12.1 Å². The number of halogens is 2. The summed E-state index contributed by atoms with van der Waals surface area (Å²) in [6, 6.07) is 3.21. The van der Waals surface area contributed by atoms with E-state index in [1.165, 1.54) is 7.11 Å². The quantitative estimate of drug-likeness (QED) is 0.840. The average Bonchev–Trinajstić information content (AvgIpc) is 2.43. The van der Waals surface area contributed by atoms with E-state index in [4.69, 9.17) is 32.7 Å². The van der Waals surface area contributed by atoms with Gasteiger partial charge in [-0.1, -0.05) is 23.2 Å². The molecular weight excluding hydrogens is 301 g/mol. The number of amides is 1. The standard InChI is InChI=1S/C14H17Cl2NO3/c1-8-7-20-9(2)6-17(8)14(18)12-10(15)4-5-11(16)13(12)19-3/h4-5,8-9H,6-7H2,1-3H3. The third kappa shape index (κ3) is 2.87. The molecule has 1 aliphatic heterocycles. The van der Waals surface area contributed by atoms with Gasteiger partial charge in [-0.3, -0.25) is 4.79 Å². The summed E-state index contributed by atoms with van der Waals surface area (Å²) >= 11 is 12.2. The van der Waals surface area contributed by atoms with Crippen molar-refractivity contribution in [2.75, 3.05) is 20.3 Å². The number of hydrogen-bond donors (Lipinski definition) is 0. The molecule has 1 saturated heterocycles. The minimum Gasteiger partial charge on any atom is -0.494 e. The first-order valence-corrected chi connectivity index (χ1v) is 7.15. The molecule has 0 saturated carbocycles. The summed E-state index contributed by atoms with van der Waals surface area (Å²) in [5, 5.41) is 0.705. The Morgan fingerprint density at radius 3 is 2.65 bits per heavy atom. The predicted molar refractivity (Wildman–Crippen MR) is 78.9 cm³/mol. The van der Waals surface area contributed by atoms with Gasteiger partial charge in [-0.05, 0) is 26.0 Å². The van der Waals surface area contributed by atoms with Crippen LogP contribution in [0.1, 0.15) is 24.2 Å². The Morgan fingerprint density at radius 1 is 1.35 bits per heavy atom. The molecule has 2 unspecified atom stereocenters. The fourth-order valence-corrected chi connectivity index (χ4v) is 2.73. The number of hydrogen-bond acceptors (Lipinski definition) is 3. The number of morpholine rings is 1. The zero-order valence-electron chi connectivity index (χ0n) is 11.7. The van der Waals surface area contributed by atoms with E-state index in [1.54, 1.807) is 17.0 Å². The van der Waals surface area contributed by atoms with Gasteiger partial charge in [0.1, 0.15) is 5.56 Å². The fraction of sp³-hybridized carbons (Fsp3) is 0.500. The van der Waals surface area contributed by atoms with E-state index >= 15 is 0 Å². The molecular formula is C14H17Cl2NO3. The molecule has 6 heteroatoms. The Kier molecular flexibility index (Phi) is 4.78. The normalized spacial score (nSPS) is 22.8. The SMILES string of the molecule is COc1c(Cl)ccc(Cl)c1C(=O)N1CC(C)OCC1C. The van der Waals surface area contributed by atoms with E-state index in [9.17, 15) is 4.79 Å². The van der Waals surface area contributed by atoms with Crippen LogP contribution in [0.5, 0.6) is 5.75 Å². The zero-order chi connectivity index (χ0) is 14.9. The summed E-state index contributed by atoms with van der Waals surface area (Å²) in [5.41, 5.74) is 0.308. The molecule has 1 fully saturated rings. The van der Waals surface area contributed by atoms with Crippen molar-refractivity contribution in [3.63, 3.8) is 0 Å². The second-order valence-corrected chi connectivity index (χ2v) is 5.70. The van der Waals surface area contributed by atoms with Crippen molar-refractivity contribution in [2.24, 2.45) is 0 Å². The van der Waals surface area contributed by atoms with Crippen molar-refractivity contribution in [1.29, 1.82) is 0 Å². The van der Waals surface area contributed by atoms with Gasteiger partial charge in [-0.15, -0.1) is 0 Å². The maximum Gasteiger partial charge on any atom is 0.259 e. The lowest BCUT2D eigenvalue weighted by Crippen LogP contribution is -2.50. The van der Waals surface area contributed by atoms with Gasteiger partial charge in [0.15, 0.2) is 5.75 Å². The van der Waals surface area contributed by atoms with Gasteiger partial charge in [0.2, 0.25) is 0 Å². The van der Waals surface area contributed by atoms with Gasteiger partial charge in [0.05, 0.1) is 35.9 Å². The van der Waals surface area contributed by atoms with Crippen LogP contribution in [-0.4, -0.2) is 43.2 Å². The van der Waals surface area contributed by atoms with Gasteiger partial charge in [-0.25, -0.2) is 0 Å². The maximum atomic E-state index is 12.8. The summed E-state index contributed by atoms with van der Waals surface area (Å²) in [7, 11) is 1.47. The van der Waals surface area contributed by atoms with E-state index in [-0.39, 0.29) is 18.1 Å². The van der Waals surface area contributed by atoms with Crippen LogP contribution >= 0.6 is 23.2 Å². The molecule has 110 valence electrons. The van der Waals surface area contributed by atoms with Crippen LogP contribution in [0.4, 0.5) is 0 Å². The predicted octanol–water partition coefficient (Wildman–Crippen LogP) is 3.25. The molecule has 1 aromatic carbocycles. The lowest BCUT2D eigenvalue weighted by molar-refractivity contribution is -0.0387. The van der Waals surface area contributed by atoms with E-state index in [2.05, 4.69) is 0 Å². The van der Waals surface area contributed by atoms with Crippen molar-refractivity contribution in [2.45, 2.75) is 26.0 Å². The topological polar surface area (TPSA) is 38.8 Å². The van der Waals surface area contributed by atoms with E-state index in [0.717, 1.165) is 0 Å². The van der Waals surface area contributed by atoms with Gasteiger partial charge < -0.3 is 14.4 Å². The highest BCUT2D eigenvalue weighted by Gasteiger charge is 2.31. The Labute approximate surface area is 128 Å². The number of carbonyl (C=O) groups is 1. The largest absolute Gasteiger partial charge is 0.494 e. The Hall–Kier alpha value is -0.970. The molecule has 1 heterocycles. The molecule has 2 atom stereocenters. The third-order valence-corrected chi connectivity index (χ3v) is 3.96. The lowest BCUT2D eigenvalue weighted by Gasteiger charge is -2.37. The van der Waals surface area contributed by atoms with Crippen molar-refractivity contribution in [1.82, 2.24) is 4.90 Å². The smallest absolute Gasteiger partial charge is 0.259 e. The molecule has 0 aromatic heterocycles. The van der Waals surface area contributed by atoms with Crippen LogP contribution < -0.4 is 4.74 Å². The fourth-order valence-electron chi connectivity index (χ4n) is 2.26. The third-order valence-electron chi connectivity index (χ3n) is 3.35. The number of carbonyl (C=O) groups excluding carboxylic acids is 1. The molecule has 0 spiro atoms. The van der Waals surface area contributed by atoms with Gasteiger partial charge >= 0.3 is 0 Å². The Balaban J connectivity index is 2.40. The molecule has 1 aromatic rings. The number of nitrogens with zero attached hydrogens (tertiary/aromatic N) is 1. The van der Waals surface area contributed by atoms with Crippen molar-refractivity contribution in [3.8, 4) is 5.75 Å². The van der Waals surface area contributed by atoms with Crippen molar-refractivity contribution >= 4 is 29.1 Å². The van der Waals surface area contributed by atoms with Crippen LogP contribution in [-0.2, 0) is 4.74 Å². The highest BCUT2D eigenvalue weighted by atomic mass is 35.5. The highest BCUT2D eigenvalue weighted by Crippen LogP contribution is 2.35.